The average Bonchev–Trinajstić information content (AvgIpc) is 2.04. The summed E-state index contributed by atoms with van der Waals surface area (Å²) in [6, 6.07) is 8.35. The maximum absolute atomic E-state index is 11.1. The third-order valence-corrected chi connectivity index (χ3v) is 1.66. The third-order valence-electron chi connectivity index (χ3n) is 1.66. The number of hydrogen-bond donors (Lipinski definition) is 1. The van der Waals surface area contributed by atoms with Gasteiger partial charge in [-0.05, 0) is 11.5 Å². The van der Waals surface area contributed by atoms with Crippen molar-refractivity contribution in [2.75, 3.05) is 0 Å². The molecular weight excluding hydrogens is 156 g/mol. The Hall–Kier alpha value is -1.77. The van der Waals surface area contributed by atoms with E-state index >= 15 is 0 Å². The Kier molecular flexibility index (Phi) is 1.37. The molecule has 1 aromatic carbocycles. The Balaban J connectivity index is 2.99. The lowest BCUT2D eigenvalue weighted by atomic mass is 10.2. The molecule has 1 aromatic heterocycles. The summed E-state index contributed by atoms with van der Waals surface area (Å²) in [7, 11) is 0. The van der Waals surface area contributed by atoms with Gasteiger partial charge in [0.05, 0.1) is 5.39 Å². The highest BCUT2D eigenvalue weighted by molar-refractivity contribution is 5.81. The van der Waals surface area contributed by atoms with Gasteiger partial charge in [-0.25, -0.2) is 4.79 Å². The first kappa shape index (κ1) is 6.91. The zero-order valence-electron chi connectivity index (χ0n) is 6.15. The van der Waals surface area contributed by atoms with E-state index in [9.17, 15) is 4.79 Å². The van der Waals surface area contributed by atoms with Crippen LogP contribution in [0.4, 0.5) is 0 Å². The fraction of sp³-hybridized carbons (Fsp3) is 0. The Morgan fingerprint density at radius 2 is 2.00 bits per heavy atom. The Labute approximate surface area is 67.9 Å². The van der Waals surface area contributed by atoms with Crippen molar-refractivity contribution in [2.24, 2.45) is 0 Å². The molecule has 60 valence electrons. The van der Waals surface area contributed by atoms with Crippen molar-refractivity contribution in [2.45, 2.75) is 0 Å². The predicted molar refractivity (Wildman–Crippen MR) is 44.1 cm³/mol. The van der Waals surface area contributed by atoms with Gasteiger partial charge in [0.15, 0.2) is 0 Å². The van der Waals surface area contributed by atoms with Crippen molar-refractivity contribution < 1.29 is 9.52 Å². The highest BCUT2D eigenvalue weighted by Gasteiger charge is 2.00. The van der Waals surface area contributed by atoms with Crippen molar-refractivity contribution in [3.05, 3.63) is 40.8 Å². The molecule has 0 atom stereocenters. The van der Waals surface area contributed by atoms with Gasteiger partial charge in [0, 0.05) is 6.07 Å². The van der Waals surface area contributed by atoms with Crippen LogP contribution in [0.5, 0.6) is 5.95 Å². The number of rotatable bonds is 0. The summed E-state index contributed by atoms with van der Waals surface area (Å²) in [5, 5.41) is 10.1. The highest BCUT2D eigenvalue weighted by atomic mass is 16.5. The fourth-order valence-corrected chi connectivity index (χ4v) is 1.12. The first-order valence-electron chi connectivity index (χ1n) is 3.49. The molecule has 1 N–H and O–H groups in total. The standard InChI is InChI=1S/C9H6O3/c10-8-5-6-3-1-2-4-7(6)9(11)12-8/h1-5,10H. The van der Waals surface area contributed by atoms with Crippen LogP contribution in [0.1, 0.15) is 0 Å². The summed E-state index contributed by atoms with van der Waals surface area (Å²) in [4.78, 5) is 11.1. The molecule has 12 heavy (non-hydrogen) atoms. The summed E-state index contributed by atoms with van der Waals surface area (Å²) in [5.41, 5.74) is -0.509. The van der Waals surface area contributed by atoms with Crippen LogP contribution in [0.25, 0.3) is 10.8 Å². The van der Waals surface area contributed by atoms with Crippen molar-refractivity contribution in [1.29, 1.82) is 0 Å². The lowest BCUT2D eigenvalue weighted by Crippen LogP contribution is -1.97. The Morgan fingerprint density at radius 3 is 2.83 bits per heavy atom. The molecular formula is C9H6O3. The second-order valence-corrected chi connectivity index (χ2v) is 2.46. The van der Waals surface area contributed by atoms with Gasteiger partial charge in [-0.1, -0.05) is 18.2 Å². The molecule has 0 radical (unpaired) electrons. The van der Waals surface area contributed by atoms with Crippen molar-refractivity contribution in [3.8, 4) is 5.95 Å². The molecule has 0 saturated carbocycles. The molecule has 2 rings (SSSR count). The first-order valence-corrected chi connectivity index (χ1v) is 3.49. The van der Waals surface area contributed by atoms with E-state index in [1.807, 2.05) is 0 Å². The molecule has 0 aliphatic heterocycles. The second-order valence-electron chi connectivity index (χ2n) is 2.46. The lowest BCUT2D eigenvalue weighted by Gasteiger charge is -1.94. The summed E-state index contributed by atoms with van der Waals surface area (Å²) in [5.74, 6) is -0.348. The smallest absolute Gasteiger partial charge is 0.346 e. The molecule has 3 heteroatoms. The van der Waals surface area contributed by atoms with Crippen molar-refractivity contribution in [3.63, 3.8) is 0 Å². The number of hydrogen-bond acceptors (Lipinski definition) is 3. The molecule has 0 saturated heterocycles. The van der Waals surface area contributed by atoms with Gasteiger partial charge >= 0.3 is 5.63 Å². The predicted octanol–water partition coefficient (Wildman–Crippen LogP) is 1.50. The van der Waals surface area contributed by atoms with Gasteiger partial charge in [0.25, 0.3) is 5.95 Å². The van der Waals surface area contributed by atoms with E-state index in [-0.39, 0.29) is 5.95 Å². The first-order chi connectivity index (χ1) is 5.77. The highest BCUT2D eigenvalue weighted by Crippen LogP contribution is 2.14. The summed E-state index contributed by atoms with van der Waals surface area (Å²) < 4.78 is 4.49. The van der Waals surface area contributed by atoms with E-state index in [4.69, 9.17) is 5.11 Å². The van der Waals surface area contributed by atoms with E-state index < -0.39 is 5.63 Å². The Morgan fingerprint density at radius 1 is 1.25 bits per heavy atom. The van der Waals surface area contributed by atoms with Crippen molar-refractivity contribution in [1.82, 2.24) is 0 Å². The van der Waals surface area contributed by atoms with E-state index in [0.717, 1.165) is 0 Å². The molecule has 0 aliphatic carbocycles. The third kappa shape index (κ3) is 0.955. The molecule has 0 unspecified atom stereocenters. The van der Waals surface area contributed by atoms with Gasteiger partial charge in [-0.3, -0.25) is 0 Å². The SMILES string of the molecule is O=c1oc(O)cc2ccccc12. The normalized spacial score (nSPS) is 10.3. The van der Waals surface area contributed by atoms with Crippen LogP contribution in [0.3, 0.4) is 0 Å². The molecule has 1 heterocycles. The van der Waals surface area contributed by atoms with Crippen LogP contribution in [-0.4, -0.2) is 5.11 Å². The van der Waals surface area contributed by atoms with E-state index in [0.29, 0.717) is 10.8 Å². The summed E-state index contributed by atoms with van der Waals surface area (Å²) in [6.45, 7) is 0. The van der Waals surface area contributed by atoms with Crippen LogP contribution < -0.4 is 5.63 Å². The van der Waals surface area contributed by atoms with Crippen LogP contribution in [-0.2, 0) is 0 Å². The molecule has 2 aromatic rings. The van der Waals surface area contributed by atoms with E-state index in [1.54, 1.807) is 24.3 Å². The molecule has 0 bridgehead atoms. The summed E-state index contributed by atoms with van der Waals surface area (Å²) >= 11 is 0. The zero-order chi connectivity index (χ0) is 8.55. The van der Waals surface area contributed by atoms with Gasteiger partial charge in [-0.2, -0.15) is 0 Å². The van der Waals surface area contributed by atoms with Gasteiger partial charge in [0.1, 0.15) is 0 Å². The van der Waals surface area contributed by atoms with E-state index in [2.05, 4.69) is 4.42 Å². The monoisotopic (exact) mass is 162 g/mol. The number of fused-ring (bicyclic) bond motifs is 1. The fourth-order valence-electron chi connectivity index (χ4n) is 1.12. The largest absolute Gasteiger partial charge is 0.481 e. The molecule has 0 spiro atoms. The van der Waals surface area contributed by atoms with E-state index in [1.165, 1.54) is 6.07 Å². The van der Waals surface area contributed by atoms with Crippen LogP contribution in [0.15, 0.2) is 39.5 Å². The average molecular weight is 162 g/mol. The summed E-state index contributed by atoms with van der Waals surface area (Å²) in [6.07, 6.45) is 0. The quantitative estimate of drug-likeness (QED) is 0.638. The molecule has 0 fully saturated rings. The number of aromatic hydroxyl groups is 1. The molecule has 0 aliphatic rings. The molecule has 3 nitrogen and oxygen atoms in total. The minimum atomic E-state index is -0.509. The Bertz CT molecular complexity index is 470. The van der Waals surface area contributed by atoms with Crippen LogP contribution in [0, 0.1) is 0 Å². The molecule has 0 amide bonds. The number of benzene rings is 1. The minimum absolute atomic E-state index is 0.348. The van der Waals surface area contributed by atoms with Gasteiger partial charge < -0.3 is 9.52 Å². The second kappa shape index (κ2) is 2.37. The topological polar surface area (TPSA) is 50.4 Å². The van der Waals surface area contributed by atoms with Gasteiger partial charge in [0.2, 0.25) is 0 Å². The maximum atomic E-state index is 11.1. The van der Waals surface area contributed by atoms with Crippen LogP contribution in [0.2, 0.25) is 0 Å². The minimum Gasteiger partial charge on any atom is -0.481 e. The maximum Gasteiger partial charge on any atom is 0.346 e. The zero-order valence-corrected chi connectivity index (χ0v) is 6.15. The van der Waals surface area contributed by atoms with Crippen molar-refractivity contribution >= 4 is 10.8 Å². The van der Waals surface area contributed by atoms with Gasteiger partial charge in [-0.15, -0.1) is 0 Å². The lowest BCUT2D eigenvalue weighted by molar-refractivity contribution is 0.313. The van der Waals surface area contributed by atoms with Crippen LogP contribution >= 0.6 is 0 Å².